The van der Waals surface area contributed by atoms with Gasteiger partial charge in [0.15, 0.2) is 0 Å². The van der Waals surface area contributed by atoms with Crippen LogP contribution in [0.5, 0.6) is 0 Å². The quantitative estimate of drug-likeness (QED) is 0.826. The van der Waals surface area contributed by atoms with Crippen LogP contribution in [0.3, 0.4) is 0 Å². The summed E-state index contributed by atoms with van der Waals surface area (Å²) in [7, 11) is 2.92. The SMILES string of the molecule is CNCc1ccc(N(C)CC(F)(F)F)c(F)c1. The highest BCUT2D eigenvalue weighted by atomic mass is 19.4. The van der Waals surface area contributed by atoms with Gasteiger partial charge in [-0.3, -0.25) is 0 Å². The predicted molar refractivity (Wildman–Crippen MR) is 58.5 cm³/mol. The molecule has 96 valence electrons. The number of anilines is 1. The molecule has 0 radical (unpaired) electrons. The molecule has 1 N–H and O–H groups in total. The van der Waals surface area contributed by atoms with Crippen molar-refractivity contribution in [2.24, 2.45) is 0 Å². The Morgan fingerprint density at radius 2 is 1.94 bits per heavy atom. The Morgan fingerprint density at radius 3 is 2.41 bits per heavy atom. The normalized spacial score (nSPS) is 11.6. The van der Waals surface area contributed by atoms with Gasteiger partial charge in [0.05, 0.1) is 5.69 Å². The van der Waals surface area contributed by atoms with Crippen molar-refractivity contribution >= 4 is 5.69 Å². The molecule has 1 aromatic rings. The fraction of sp³-hybridized carbons (Fsp3) is 0.455. The summed E-state index contributed by atoms with van der Waals surface area (Å²) in [6, 6.07) is 4.19. The topological polar surface area (TPSA) is 15.3 Å². The second-order valence-corrected chi connectivity index (χ2v) is 3.79. The van der Waals surface area contributed by atoms with E-state index >= 15 is 0 Å². The van der Waals surface area contributed by atoms with E-state index in [-0.39, 0.29) is 5.69 Å². The average Bonchev–Trinajstić information content (AvgIpc) is 2.15. The van der Waals surface area contributed by atoms with Gasteiger partial charge in [-0.2, -0.15) is 13.2 Å². The van der Waals surface area contributed by atoms with Crippen LogP contribution in [0.25, 0.3) is 0 Å². The minimum absolute atomic E-state index is 0.0535. The van der Waals surface area contributed by atoms with Crippen LogP contribution in [-0.4, -0.2) is 26.8 Å². The highest BCUT2D eigenvalue weighted by Crippen LogP contribution is 2.23. The third-order valence-electron chi connectivity index (χ3n) is 2.22. The molecular weight excluding hydrogens is 236 g/mol. The number of nitrogens with zero attached hydrogens (tertiary/aromatic N) is 1. The Bertz CT molecular complexity index is 376. The second kappa shape index (κ2) is 5.35. The Labute approximate surface area is 97.2 Å². The van der Waals surface area contributed by atoms with Crippen molar-refractivity contribution in [3.8, 4) is 0 Å². The molecule has 0 atom stereocenters. The van der Waals surface area contributed by atoms with Crippen LogP contribution in [0.4, 0.5) is 23.2 Å². The van der Waals surface area contributed by atoms with Gasteiger partial charge < -0.3 is 10.2 Å². The Kier molecular flexibility index (Phi) is 4.34. The minimum atomic E-state index is -4.34. The zero-order valence-electron chi connectivity index (χ0n) is 9.61. The molecule has 0 bridgehead atoms. The van der Waals surface area contributed by atoms with E-state index in [1.807, 2.05) is 0 Å². The van der Waals surface area contributed by atoms with E-state index in [1.165, 1.54) is 19.2 Å². The van der Waals surface area contributed by atoms with Crippen molar-refractivity contribution < 1.29 is 17.6 Å². The van der Waals surface area contributed by atoms with Crippen molar-refractivity contribution in [3.63, 3.8) is 0 Å². The summed E-state index contributed by atoms with van der Waals surface area (Å²) in [5, 5.41) is 2.84. The number of benzene rings is 1. The van der Waals surface area contributed by atoms with E-state index in [0.29, 0.717) is 12.1 Å². The van der Waals surface area contributed by atoms with Crippen molar-refractivity contribution in [3.05, 3.63) is 29.6 Å². The molecule has 6 heteroatoms. The molecule has 0 aliphatic rings. The summed E-state index contributed by atoms with van der Waals surface area (Å²) in [5.41, 5.74) is 0.635. The predicted octanol–water partition coefficient (Wildman–Crippen LogP) is 2.54. The molecule has 2 nitrogen and oxygen atoms in total. The Morgan fingerprint density at radius 1 is 1.29 bits per heavy atom. The smallest absolute Gasteiger partial charge is 0.363 e. The van der Waals surface area contributed by atoms with Crippen molar-refractivity contribution in [1.29, 1.82) is 0 Å². The van der Waals surface area contributed by atoms with Gasteiger partial charge in [-0.1, -0.05) is 6.07 Å². The first-order valence-corrected chi connectivity index (χ1v) is 5.04. The standard InChI is InChI=1S/C11H14F4N2/c1-16-6-8-3-4-10(9(12)5-8)17(2)7-11(13,14)15/h3-5,16H,6-7H2,1-2H3. The van der Waals surface area contributed by atoms with Crippen LogP contribution in [0.1, 0.15) is 5.56 Å². The molecule has 0 heterocycles. The summed E-state index contributed by atoms with van der Waals surface area (Å²) >= 11 is 0. The van der Waals surface area contributed by atoms with Gasteiger partial charge in [-0.05, 0) is 24.7 Å². The van der Waals surface area contributed by atoms with Gasteiger partial charge in [0.25, 0.3) is 0 Å². The third kappa shape index (κ3) is 4.22. The molecule has 0 amide bonds. The largest absolute Gasteiger partial charge is 0.405 e. The lowest BCUT2D eigenvalue weighted by molar-refractivity contribution is -0.119. The first-order chi connectivity index (χ1) is 7.83. The highest BCUT2D eigenvalue weighted by molar-refractivity contribution is 5.48. The summed E-state index contributed by atoms with van der Waals surface area (Å²) in [5.74, 6) is -0.649. The maximum absolute atomic E-state index is 13.6. The van der Waals surface area contributed by atoms with E-state index in [0.717, 1.165) is 4.90 Å². The molecule has 0 saturated carbocycles. The fourth-order valence-electron chi connectivity index (χ4n) is 1.53. The van der Waals surface area contributed by atoms with Gasteiger partial charge in [-0.25, -0.2) is 4.39 Å². The number of rotatable bonds is 4. The fourth-order valence-corrected chi connectivity index (χ4v) is 1.53. The maximum Gasteiger partial charge on any atom is 0.405 e. The monoisotopic (exact) mass is 250 g/mol. The Hall–Kier alpha value is -1.30. The second-order valence-electron chi connectivity index (χ2n) is 3.79. The van der Waals surface area contributed by atoms with Crippen LogP contribution in [0.15, 0.2) is 18.2 Å². The Balaban J connectivity index is 2.84. The summed E-state index contributed by atoms with van der Waals surface area (Å²) in [6.07, 6.45) is -4.34. The first kappa shape index (κ1) is 13.8. The number of hydrogen-bond acceptors (Lipinski definition) is 2. The van der Waals surface area contributed by atoms with Crippen LogP contribution in [0, 0.1) is 5.82 Å². The number of nitrogens with one attached hydrogen (secondary N) is 1. The first-order valence-electron chi connectivity index (χ1n) is 5.04. The van der Waals surface area contributed by atoms with Gasteiger partial charge in [-0.15, -0.1) is 0 Å². The number of hydrogen-bond donors (Lipinski definition) is 1. The molecule has 0 unspecified atom stereocenters. The maximum atomic E-state index is 13.6. The van der Waals surface area contributed by atoms with E-state index in [2.05, 4.69) is 5.32 Å². The summed E-state index contributed by atoms with van der Waals surface area (Å²) in [4.78, 5) is 0.846. The van der Waals surface area contributed by atoms with Crippen LogP contribution < -0.4 is 10.2 Å². The van der Waals surface area contributed by atoms with Crippen LogP contribution in [-0.2, 0) is 6.54 Å². The van der Waals surface area contributed by atoms with Crippen LogP contribution >= 0.6 is 0 Å². The van der Waals surface area contributed by atoms with Gasteiger partial charge >= 0.3 is 6.18 Å². The molecule has 1 rings (SSSR count). The van der Waals surface area contributed by atoms with Crippen molar-refractivity contribution in [2.75, 3.05) is 25.5 Å². The molecule has 0 saturated heterocycles. The van der Waals surface area contributed by atoms with Crippen molar-refractivity contribution in [2.45, 2.75) is 12.7 Å². The molecule has 0 aromatic heterocycles. The zero-order valence-corrected chi connectivity index (χ0v) is 9.61. The van der Waals surface area contributed by atoms with Gasteiger partial charge in [0.2, 0.25) is 0 Å². The molecule has 0 aliphatic carbocycles. The van der Waals surface area contributed by atoms with Gasteiger partial charge in [0.1, 0.15) is 12.4 Å². The molecule has 1 aromatic carbocycles. The molecule has 17 heavy (non-hydrogen) atoms. The average molecular weight is 250 g/mol. The number of alkyl halides is 3. The minimum Gasteiger partial charge on any atom is -0.363 e. The highest BCUT2D eigenvalue weighted by Gasteiger charge is 2.30. The molecule has 0 spiro atoms. The van der Waals surface area contributed by atoms with Crippen LogP contribution in [0.2, 0.25) is 0 Å². The van der Waals surface area contributed by atoms with Gasteiger partial charge in [0, 0.05) is 13.6 Å². The van der Waals surface area contributed by atoms with E-state index in [9.17, 15) is 17.6 Å². The van der Waals surface area contributed by atoms with E-state index in [1.54, 1.807) is 13.1 Å². The molecule has 0 aliphatic heterocycles. The number of halogens is 4. The molecular formula is C11H14F4N2. The zero-order chi connectivity index (χ0) is 13.1. The van der Waals surface area contributed by atoms with Crippen molar-refractivity contribution in [1.82, 2.24) is 5.32 Å². The summed E-state index contributed by atoms with van der Waals surface area (Å²) in [6.45, 7) is -0.699. The third-order valence-corrected chi connectivity index (χ3v) is 2.22. The van der Waals surface area contributed by atoms with E-state index < -0.39 is 18.5 Å². The molecule has 0 fully saturated rings. The lowest BCUT2D eigenvalue weighted by Crippen LogP contribution is -2.31. The lowest BCUT2D eigenvalue weighted by atomic mass is 10.2. The lowest BCUT2D eigenvalue weighted by Gasteiger charge is -2.21. The van der Waals surface area contributed by atoms with E-state index in [4.69, 9.17) is 0 Å². The summed E-state index contributed by atoms with van der Waals surface area (Å²) < 4.78 is 50.0.